The molecule has 0 unspecified atom stereocenters. The van der Waals surface area contributed by atoms with E-state index >= 15 is 0 Å². The average Bonchev–Trinajstić information content (AvgIpc) is 2.17. The van der Waals surface area contributed by atoms with Gasteiger partial charge in [-0.2, -0.15) is 0 Å². The fourth-order valence-corrected chi connectivity index (χ4v) is 1.49. The van der Waals surface area contributed by atoms with E-state index in [0.717, 1.165) is 0 Å². The van der Waals surface area contributed by atoms with Gasteiger partial charge >= 0.3 is 0 Å². The topological polar surface area (TPSA) is 12.0 Å². The monoisotopic (exact) mass is 203 g/mol. The third-order valence-electron chi connectivity index (χ3n) is 2.03. The van der Waals surface area contributed by atoms with Gasteiger partial charge < -0.3 is 5.32 Å². The maximum Gasteiger partial charge on any atom is 0.0377 e. The van der Waals surface area contributed by atoms with Crippen LogP contribution in [0.1, 0.15) is 33.3 Å². The molecule has 0 heterocycles. The molecule has 1 N–H and O–H groups in total. The van der Waals surface area contributed by atoms with Crippen LogP contribution in [0.3, 0.4) is 0 Å². The SMILES string of the molecule is CC(C)/C=C(\NC(C)C)c1ccccc1. The molecule has 1 nitrogen and oxygen atoms in total. The van der Waals surface area contributed by atoms with Gasteiger partial charge in [0.15, 0.2) is 0 Å². The number of nitrogens with one attached hydrogen (secondary N) is 1. The van der Waals surface area contributed by atoms with Crippen LogP contribution in [0.4, 0.5) is 0 Å². The molecule has 0 atom stereocenters. The second-order valence-corrected chi connectivity index (χ2v) is 4.49. The fraction of sp³-hybridized carbons (Fsp3) is 0.429. The highest BCUT2D eigenvalue weighted by molar-refractivity contribution is 5.64. The Morgan fingerprint density at radius 3 is 2.13 bits per heavy atom. The molecule has 0 aliphatic heterocycles. The molecule has 0 aliphatic rings. The van der Waals surface area contributed by atoms with E-state index in [2.05, 4.69) is 63.4 Å². The average molecular weight is 203 g/mol. The van der Waals surface area contributed by atoms with Gasteiger partial charge in [0.2, 0.25) is 0 Å². The maximum absolute atomic E-state index is 3.49. The molecule has 1 aromatic carbocycles. The van der Waals surface area contributed by atoms with Crippen molar-refractivity contribution in [2.45, 2.75) is 33.7 Å². The molecule has 1 aromatic rings. The summed E-state index contributed by atoms with van der Waals surface area (Å²) in [6, 6.07) is 10.9. The first-order valence-electron chi connectivity index (χ1n) is 5.63. The van der Waals surface area contributed by atoms with E-state index in [0.29, 0.717) is 12.0 Å². The van der Waals surface area contributed by atoms with E-state index in [1.165, 1.54) is 11.3 Å². The molecular weight excluding hydrogens is 182 g/mol. The van der Waals surface area contributed by atoms with Gasteiger partial charge in [-0.3, -0.25) is 0 Å². The third-order valence-corrected chi connectivity index (χ3v) is 2.03. The van der Waals surface area contributed by atoms with Crippen molar-refractivity contribution in [2.75, 3.05) is 0 Å². The minimum Gasteiger partial charge on any atom is -0.383 e. The molecule has 0 saturated heterocycles. The molecule has 0 saturated carbocycles. The Hall–Kier alpha value is -1.24. The Labute approximate surface area is 93.2 Å². The lowest BCUT2D eigenvalue weighted by atomic mass is 10.1. The normalized spacial score (nSPS) is 12.3. The molecule has 0 fully saturated rings. The van der Waals surface area contributed by atoms with Crippen molar-refractivity contribution in [3.8, 4) is 0 Å². The molecular formula is C14H21N. The molecule has 82 valence electrons. The smallest absolute Gasteiger partial charge is 0.0377 e. The molecule has 0 amide bonds. The largest absolute Gasteiger partial charge is 0.383 e. The molecule has 15 heavy (non-hydrogen) atoms. The molecule has 0 bridgehead atoms. The van der Waals surface area contributed by atoms with Gasteiger partial charge in [-0.25, -0.2) is 0 Å². The first-order chi connectivity index (χ1) is 7.09. The van der Waals surface area contributed by atoms with Crippen molar-refractivity contribution in [1.82, 2.24) is 5.32 Å². The predicted molar refractivity (Wildman–Crippen MR) is 67.5 cm³/mol. The lowest BCUT2D eigenvalue weighted by Gasteiger charge is -2.15. The zero-order valence-electron chi connectivity index (χ0n) is 10.1. The quantitative estimate of drug-likeness (QED) is 0.787. The Kier molecular flexibility index (Phi) is 4.41. The van der Waals surface area contributed by atoms with Crippen LogP contribution in [0.5, 0.6) is 0 Å². The van der Waals surface area contributed by atoms with Gasteiger partial charge in [-0.05, 0) is 25.3 Å². The summed E-state index contributed by atoms with van der Waals surface area (Å²) in [5.41, 5.74) is 2.50. The van der Waals surface area contributed by atoms with Gasteiger partial charge in [0.1, 0.15) is 0 Å². The number of allylic oxidation sites excluding steroid dienone is 1. The maximum atomic E-state index is 3.49. The number of rotatable bonds is 4. The second-order valence-electron chi connectivity index (χ2n) is 4.49. The van der Waals surface area contributed by atoms with Crippen molar-refractivity contribution >= 4 is 5.70 Å². The molecule has 0 radical (unpaired) electrons. The Balaban J connectivity index is 2.92. The molecule has 0 aliphatic carbocycles. The van der Waals surface area contributed by atoms with Crippen LogP contribution in [0.2, 0.25) is 0 Å². The van der Waals surface area contributed by atoms with Crippen LogP contribution in [0, 0.1) is 5.92 Å². The summed E-state index contributed by atoms with van der Waals surface area (Å²) in [4.78, 5) is 0. The minimum atomic E-state index is 0.468. The van der Waals surface area contributed by atoms with Gasteiger partial charge in [-0.15, -0.1) is 0 Å². The highest BCUT2D eigenvalue weighted by atomic mass is 14.9. The zero-order valence-corrected chi connectivity index (χ0v) is 10.1. The second kappa shape index (κ2) is 5.59. The highest BCUT2D eigenvalue weighted by Crippen LogP contribution is 2.14. The molecule has 1 rings (SSSR count). The Bertz CT molecular complexity index is 309. The Morgan fingerprint density at radius 2 is 1.67 bits per heavy atom. The van der Waals surface area contributed by atoms with E-state index in [4.69, 9.17) is 0 Å². The molecule has 0 spiro atoms. The van der Waals surface area contributed by atoms with E-state index in [9.17, 15) is 0 Å². The van der Waals surface area contributed by atoms with Crippen LogP contribution >= 0.6 is 0 Å². The van der Waals surface area contributed by atoms with Gasteiger partial charge in [0.05, 0.1) is 0 Å². The van der Waals surface area contributed by atoms with Crippen LogP contribution in [0.25, 0.3) is 5.70 Å². The minimum absolute atomic E-state index is 0.468. The standard InChI is InChI=1S/C14H21N/c1-11(2)10-14(15-12(3)4)13-8-6-5-7-9-13/h5-12,15H,1-4H3/b14-10-. The summed E-state index contributed by atoms with van der Waals surface area (Å²) in [6.45, 7) is 8.73. The summed E-state index contributed by atoms with van der Waals surface area (Å²) in [7, 11) is 0. The van der Waals surface area contributed by atoms with Crippen LogP contribution < -0.4 is 5.32 Å². The van der Waals surface area contributed by atoms with E-state index in [1.807, 2.05) is 6.07 Å². The first kappa shape index (κ1) is 11.8. The summed E-state index contributed by atoms with van der Waals surface area (Å²) in [5, 5.41) is 3.49. The van der Waals surface area contributed by atoms with Crippen LogP contribution in [-0.4, -0.2) is 6.04 Å². The van der Waals surface area contributed by atoms with E-state index in [-0.39, 0.29) is 0 Å². The summed E-state index contributed by atoms with van der Waals surface area (Å²) in [6.07, 6.45) is 2.27. The van der Waals surface area contributed by atoms with E-state index in [1.54, 1.807) is 0 Å². The molecule has 1 heteroatoms. The zero-order chi connectivity index (χ0) is 11.3. The fourth-order valence-electron chi connectivity index (χ4n) is 1.49. The van der Waals surface area contributed by atoms with Crippen molar-refractivity contribution in [1.29, 1.82) is 0 Å². The molecule has 0 aromatic heterocycles. The van der Waals surface area contributed by atoms with E-state index < -0.39 is 0 Å². The lowest BCUT2D eigenvalue weighted by Crippen LogP contribution is -2.21. The summed E-state index contributed by atoms with van der Waals surface area (Å²) >= 11 is 0. The van der Waals surface area contributed by atoms with Gasteiger partial charge in [0.25, 0.3) is 0 Å². The first-order valence-corrected chi connectivity index (χ1v) is 5.63. The van der Waals surface area contributed by atoms with Crippen molar-refractivity contribution < 1.29 is 0 Å². The van der Waals surface area contributed by atoms with Gasteiger partial charge in [-0.1, -0.05) is 50.3 Å². The van der Waals surface area contributed by atoms with Crippen LogP contribution in [-0.2, 0) is 0 Å². The van der Waals surface area contributed by atoms with Crippen molar-refractivity contribution in [3.05, 3.63) is 42.0 Å². The predicted octanol–water partition coefficient (Wildman–Crippen LogP) is 3.68. The van der Waals surface area contributed by atoms with Gasteiger partial charge in [0, 0.05) is 11.7 Å². The van der Waals surface area contributed by atoms with Crippen molar-refractivity contribution in [2.24, 2.45) is 5.92 Å². The third kappa shape index (κ3) is 4.20. The number of hydrogen-bond donors (Lipinski definition) is 1. The number of hydrogen-bond acceptors (Lipinski definition) is 1. The highest BCUT2D eigenvalue weighted by Gasteiger charge is 2.03. The Morgan fingerprint density at radius 1 is 1.07 bits per heavy atom. The lowest BCUT2D eigenvalue weighted by molar-refractivity contribution is 0.708. The van der Waals surface area contributed by atoms with Crippen LogP contribution in [0.15, 0.2) is 36.4 Å². The van der Waals surface area contributed by atoms with Crippen molar-refractivity contribution in [3.63, 3.8) is 0 Å². The summed E-state index contributed by atoms with van der Waals surface area (Å²) < 4.78 is 0. The number of benzene rings is 1. The summed E-state index contributed by atoms with van der Waals surface area (Å²) in [5.74, 6) is 0.562.